The third-order valence-electron chi connectivity index (χ3n) is 4.25. The number of hydrogen-bond acceptors (Lipinski definition) is 4. The van der Waals surface area contributed by atoms with E-state index in [2.05, 4.69) is 15.5 Å². The van der Waals surface area contributed by atoms with Crippen LogP contribution in [0.4, 0.5) is 0 Å². The molecule has 1 N–H and O–H groups in total. The molecule has 1 heterocycles. The number of rotatable bonds is 4. The zero-order valence-corrected chi connectivity index (χ0v) is 13.3. The molecule has 3 rings (SSSR count). The molecule has 120 valence electrons. The van der Waals surface area contributed by atoms with Gasteiger partial charge in [0.1, 0.15) is 5.54 Å². The number of aryl methyl sites for hydroxylation is 1. The van der Waals surface area contributed by atoms with Gasteiger partial charge in [-0.05, 0) is 24.5 Å². The molecule has 0 spiro atoms. The van der Waals surface area contributed by atoms with E-state index in [1.807, 2.05) is 36.4 Å². The highest BCUT2D eigenvalue weighted by Crippen LogP contribution is 2.35. The van der Waals surface area contributed by atoms with Crippen LogP contribution in [0.3, 0.4) is 0 Å². The van der Waals surface area contributed by atoms with E-state index in [-0.39, 0.29) is 5.91 Å². The summed E-state index contributed by atoms with van der Waals surface area (Å²) in [5.74, 6) is 0.994. The maximum Gasteiger partial charge on any atom is 0.244 e. The monoisotopic (exact) mass is 311 g/mol. The smallest absolute Gasteiger partial charge is 0.244 e. The van der Waals surface area contributed by atoms with E-state index in [9.17, 15) is 4.79 Å². The van der Waals surface area contributed by atoms with E-state index in [4.69, 9.17) is 4.52 Å². The standard InChI is InChI=1S/C18H21N3O2/c1-14-19-17(21-23-14)18(12-6-3-7-13-18)20-16(22)11-10-15-8-4-2-5-9-15/h2,4-5,8-11H,3,6-7,12-13H2,1H3,(H,20,22)/b11-10+. The first-order chi connectivity index (χ1) is 11.2. The van der Waals surface area contributed by atoms with Crippen LogP contribution in [0.15, 0.2) is 40.9 Å². The largest absolute Gasteiger partial charge is 0.340 e. The van der Waals surface area contributed by atoms with Crippen molar-refractivity contribution in [1.82, 2.24) is 15.5 Å². The number of carbonyl (C=O) groups is 1. The molecule has 2 aromatic rings. The Balaban J connectivity index is 1.76. The quantitative estimate of drug-likeness (QED) is 0.879. The van der Waals surface area contributed by atoms with Crippen LogP contribution < -0.4 is 5.32 Å². The highest BCUT2D eigenvalue weighted by atomic mass is 16.5. The van der Waals surface area contributed by atoms with Gasteiger partial charge in [-0.1, -0.05) is 54.8 Å². The predicted octanol–water partition coefficient (Wildman–Crippen LogP) is 3.37. The Morgan fingerprint density at radius 3 is 2.61 bits per heavy atom. The zero-order chi connectivity index (χ0) is 16.1. The van der Waals surface area contributed by atoms with Gasteiger partial charge in [0.2, 0.25) is 11.8 Å². The average Bonchev–Trinajstić information content (AvgIpc) is 3.02. The van der Waals surface area contributed by atoms with Gasteiger partial charge in [0, 0.05) is 13.0 Å². The molecule has 0 bridgehead atoms. The normalized spacial score (nSPS) is 17.3. The summed E-state index contributed by atoms with van der Waals surface area (Å²) < 4.78 is 5.12. The number of hydrogen-bond donors (Lipinski definition) is 1. The number of nitrogens with zero attached hydrogens (tertiary/aromatic N) is 2. The summed E-state index contributed by atoms with van der Waals surface area (Å²) in [5.41, 5.74) is 0.490. The van der Waals surface area contributed by atoms with Crippen LogP contribution in [0.5, 0.6) is 0 Å². The van der Waals surface area contributed by atoms with Gasteiger partial charge in [0.25, 0.3) is 0 Å². The summed E-state index contributed by atoms with van der Waals surface area (Å²) >= 11 is 0. The Morgan fingerprint density at radius 2 is 1.96 bits per heavy atom. The third-order valence-corrected chi connectivity index (χ3v) is 4.25. The van der Waals surface area contributed by atoms with Gasteiger partial charge < -0.3 is 9.84 Å². The molecule has 1 aliphatic rings. The molecule has 1 aromatic heterocycles. The maximum atomic E-state index is 12.4. The average molecular weight is 311 g/mol. The molecule has 5 nitrogen and oxygen atoms in total. The predicted molar refractivity (Wildman–Crippen MR) is 87.4 cm³/mol. The minimum atomic E-state index is -0.506. The Bertz CT molecular complexity index is 685. The number of carbonyl (C=O) groups excluding carboxylic acids is 1. The van der Waals surface area contributed by atoms with Crippen molar-refractivity contribution in [2.75, 3.05) is 0 Å². The summed E-state index contributed by atoms with van der Waals surface area (Å²) in [6.45, 7) is 1.77. The minimum Gasteiger partial charge on any atom is -0.340 e. The first-order valence-corrected chi connectivity index (χ1v) is 8.04. The Morgan fingerprint density at radius 1 is 1.22 bits per heavy atom. The highest BCUT2D eigenvalue weighted by molar-refractivity contribution is 5.92. The van der Waals surface area contributed by atoms with Crippen molar-refractivity contribution in [1.29, 1.82) is 0 Å². The topological polar surface area (TPSA) is 68.0 Å². The molecule has 1 amide bonds. The molecule has 1 saturated carbocycles. The van der Waals surface area contributed by atoms with E-state index in [0.717, 1.165) is 31.2 Å². The van der Waals surface area contributed by atoms with Crippen molar-refractivity contribution in [2.24, 2.45) is 0 Å². The molecule has 0 aliphatic heterocycles. The van der Waals surface area contributed by atoms with Crippen molar-refractivity contribution in [3.63, 3.8) is 0 Å². The number of aromatic nitrogens is 2. The fourth-order valence-electron chi connectivity index (χ4n) is 3.07. The fourth-order valence-corrected chi connectivity index (χ4v) is 3.07. The van der Waals surface area contributed by atoms with Crippen molar-refractivity contribution in [3.8, 4) is 0 Å². The van der Waals surface area contributed by atoms with Crippen LogP contribution >= 0.6 is 0 Å². The minimum absolute atomic E-state index is 0.127. The van der Waals surface area contributed by atoms with Crippen LogP contribution in [0.2, 0.25) is 0 Å². The second-order valence-corrected chi connectivity index (χ2v) is 6.01. The summed E-state index contributed by atoms with van der Waals surface area (Å²) in [5, 5.41) is 7.18. The number of benzene rings is 1. The van der Waals surface area contributed by atoms with Crippen LogP contribution in [0.1, 0.15) is 49.4 Å². The summed E-state index contributed by atoms with van der Waals surface area (Å²) in [7, 11) is 0. The van der Waals surface area contributed by atoms with Crippen LogP contribution in [-0.2, 0) is 10.3 Å². The van der Waals surface area contributed by atoms with Crippen molar-refractivity contribution in [3.05, 3.63) is 53.7 Å². The lowest BCUT2D eigenvalue weighted by molar-refractivity contribution is -0.119. The highest BCUT2D eigenvalue weighted by Gasteiger charge is 2.39. The molecule has 1 fully saturated rings. The summed E-state index contributed by atoms with van der Waals surface area (Å²) in [6.07, 6.45) is 8.35. The second-order valence-electron chi connectivity index (χ2n) is 6.01. The first kappa shape index (κ1) is 15.5. The van der Waals surface area contributed by atoms with Gasteiger partial charge >= 0.3 is 0 Å². The van der Waals surface area contributed by atoms with Crippen molar-refractivity contribution < 1.29 is 9.32 Å². The molecular formula is C18H21N3O2. The van der Waals surface area contributed by atoms with Gasteiger partial charge in [0.15, 0.2) is 5.82 Å². The molecule has 1 aliphatic carbocycles. The zero-order valence-electron chi connectivity index (χ0n) is 13.3. The molecule has 1 aromatic carbocycles. The van der Waals surface area contributed by atoms with Gasteiger partial charge in [-0.25, -0.2) is 0 Å². The SMILES string of the molecule is Cc1nc(C2(NC(=O)/C=C/c3ccccc3)CCCCC2)no1. The third kappa shape index (κ3) is 3.67. The van der Waals surface area contributed by atoms with Gasteiger partial charge in [-0.3, -0.25) is 4.79 Å². The molecule has 23 heavy (non-hydrogen) atoms. The fraction of sp³-hybridized carbons (Fsp3) is 0.389. The summed E-state index contributed by atoms with van der Waals surface area (Å²) in [4.78, 5) is 16.7. The molecule has 0 radical (unpaired) electrons. The molecule has 0 saturated heterocycles. The van der Waals surface area contributed by atoms with Gasteiger partial charge in [0.05, 0.1) is 0 Å². The van der Waals surface area contributed by atoms with Crippen LogP contribution in [-0.4, -0.2) is 16.0 Å². The first-order valence-electron chi connectivity index (χ1n) is 8.04. The molecule has 5 heteroatoms. The van der Waals surface area contributed by atoms with Crippen molar-refractivity contribution >= 4 is 12.0 Å². The van der Waals surface area contributed by atoms with Crippen molar-refractivity contribution in [2.45, 2.75) is 44.6 Å². The van der Waals surface area contributed by atoms with E-state index >= 15 is 0 Å². The van der Waals surface area contributed by atoms with E-state index < -0.39 is 5.54 Å². The van der Waals surface area contributed by atoms with Crippen LogP contribution in [0.25, 0.3) is 6.08 Å². The van der Waals surface area contributed by atoms with E-state index in [0.29, 0.717) is 11.7 Å². The van der Waals surface area contributed by atoms with Gasteiger partial charge in [-0.15, -0.1) is 0 Å². The Kier molecular flexibility index (Phi) is 4.55. The maximum absolute atomic E-state index is 12.4. The van der Waals surface area contributed by atoms with Gasteiger partial charge in [-0.2, -0.15) is 4.98 Å². The summed E-state index contributed by atoms with van der Waals surface area (Å²) in [6, 6.07) is 9.77. The van der Waals surface area contributed by atoms with E-state index in [1.165, 1.54) is 6.42 Å². The number of amides is 1. The Hall–Kier alpha value is -2.43. The lowest BCUT2D eigenvalue weighted by atomic mass is 9.81. The second kappa shape index (κ2) is 6.77. The molecule has 0 atom stereocenters. The Labute approximate surface area is 135 Å². The number of nitrogens with one attached hydrogen (secondary N) is 1. The lowest BCUT2D eigenvalue weighted by Crippen LogP contribution is -2.47. The molecule has 0 unspecified atom stereocenters. The van der Waals surface area contributed by atoms with Crippen LogP contribution in [0, 0.1) is 6.92 Å². The van der Waals surface area contributed by atoms with E-state index in [1.54, 1.807) is 13.0 Å². The lowest BCUT2D eigenvalue weighted by Gasteiger charge is -2.34. The molecular weight excluding hydrogens is 290 g/mol.